The third-order valence-corrected chi connectivity index (χ3v) is 17.1. The maximum Gasteiger partial charge on any atom is 0.164 e. The first kappa shape index (κ1) is 54.9. The first-order valence-electron chi connectivity index (χ1n) is 30.9. The molecule has 0 aliphatic carbocycles. The second-order valence-electron chi connectivity index (χ2n) is 22.9. The lowest BCUT2D eigenvalue weighted by molar-refractivity contribution is 1.07. The Morgan fingerprint density at radius 2 is 0.500 bits per heavy atom. The van der Waals surface area contributed by atoms with Crippen LogP contribution in [0.2, 0.25) is 0 Å². The zero-order valence-corrected chi connectivity index (χ0v) is 50.2. The van der Waals surface area contributed by atoms with Gasteiger partial charge in [0.05, 0.1) is 45.1 Å². The molecule has 12 aromatic carbocycles. The molecule has 0 unspecified atom stereocenters. The van der Waals surface area contributed by atoms with Crippen LogP contribution in [-0.2, 0) is 0 Å². The lowest BCUT2D eigenvalue weighted by atomic mass is 9.96. The predicted molar refractivity (Wildman–Crippen MR) is 374 cm³/mol. The highest BCUT2D eigenvalue weighted by atomic mass is 15.1. The van der Waals surface area contributed by atoms with Crippen LogP contribution in [0.3, 0.4) is 0 Å². The summed E-state index contributed by atoms with van der Waals surface area (Å²) in [7, 11) is 0. The van der Waals surface area contributed by atoms with Crippen molar-refractivity contribution in [3.05, 3.63) is 309 Å². The SMILES string of the molecule is N#Cc1ccc(-n2c3ccccc3c3cc(-c4nc(-c5ccccc5)nc(-c5ccccc5)n4)ccc32)c(-c2ccc(-c3nc(-c4ccccc4)nc(-c4ccccc4)n3)cc2-n2c3ccccc3c3cc(-c4nc(-c5ccccc5)nc(-c5ccccc5)n4)ccc32)c1. The maximum atomic E-state index is 10.9. The Kier molecular flexibility index (Phi) is 13.6. The first-order chi connectivity index (χ1) is 46.5. The van der Waals surface area contributed by atoms with E-state index in [0.717, 1.165) is 116 Å². The Balaban J connectivity index is 0.897. The Bertz CT molecular complexity index is 5620. The van der Waals surface area contributed by atoms with Gasteiger partial charge in [0.15, 0.2) is 52.4 Å². The number of para-hydroxylation sites is 2. The molecule has 17 rings (SSSR count). The van der Waals surface area contributed by atoms with Gasteiger partial charge in [-0.3, -0.25) is 0 Å². The number of hydrogen-bond donors (Lipinski definition) is 0. The topological polar surface area (TPSA) is 150 Å². The molecule has 0 radical (unpaired) electrons. The van der Waals surface area contributed by atoms with E-state index in [1.165, 1.54) is 0 Å². The van der Waals surface area contributed by atoms with Gasteiger partial charge in [-0.15, -0.1) is 0 Å². The number of nitrogens with zero attached hydrogens (tertiary/aromatic N) is 12. The van der Waals surface area contributed by atoms with E-state index >= 15 is 0 Å². The summed E-state index contributed by atoms with van der Waals surface area (Å²) in [6.45, 7) is 0. The van der Waals surface area contributed by atoms with Crippen LogP contribution in [0, 0.1) is 11.3 Å². The van der Waals surface area contributed by atoms with Crippen LogP contribution in [0.25, 0.3) is 169 Å². The monoisotopic (exact) mass is 1200 g/mol. The molecule has 5 heterocycles. The van der Waals surface area contributed by atoms with Crippen molar-refractivity contribution < 1.29 is 0 Å². The third-order valence-electron chi connectivity index (χ3n) is 17.1. The molecule has 0 saturated heterocycles. The molecular weight excluding hydrogens is 1150 g/mol. The summed E-state index contributed by atoms with van der Waals surface area (Å²) in [5, 5.41) is 15.0. The van der Waals surface area contributed by atoms with Crippen molar-refractivity contribution in [2.45, 2.75) is 0 Å². The minimum atomic E-state index is 0.496. The summed E-state index contributed by atoms with van der Waals surface area (Å²) in [5.41, 5.74) is 15.4. The number of hydrogen-bond acceptors (Lipinski definition) is 10. The molecule has 438 valence electrons. The van der Waals surface area contributed by atoms with E-state index in [1.54, 1.807) is 0 Å². The number of nitriles is 1. The van der Waals surface area contributed by atoms with Crippen LogP contribution in [0.4, 0.5) is 0 Å². The molecule has 17 aromatic rings. The zero-order valence-electron chi connectivity index (χ0n) is 50.2. The van der Waals surface area contributed by atoms with Gasteiger partial charge < -0.3 is 9.13 Å². The largest absolute Gasteiger partial charge is 0.309 e. The van der Waals surface area contributed by atoms with E-state index in [2.05, 4.69) is 124 Å². The summed E-state index contributed by atoms with van der Waals surface area (Å²) in [6.07, 6.45) is 0. The Labute approximate surface area is 539 Å². The summed E-state index contributed by atoms with van der Waals surface area (Å²) >= 11 is 0. The second-order valence-corrected chi connectivity index (χ2v) is 22.9. The maximum absolute atomic E-state index is 10.9. The fraction of sp³-hybridized carbons (Fsp3) is 0. The molecule has 0 bridgehead atoms. The highest BCUT2D eigenvalue weighted by molar-refractivity contribution is 6.13. The quantitative estimate of drug-likeness (QED) is 0.116. The smallest absolute Gasteiger partial charge is 0.164 e. The van der Waals surface area contributed by atoms with E-state index in [9.17, 15) is 5.26 Å². The van der Waals surface area contributed by atoms with Crippen LogP contribution in [0.15, 0.2) is 303 Å². The van der Waals surface area contributed by atoms with Gasteiger partial charge in [-0.05, 0) is 72.8 Å². The molecule has 0 spiro atoms. The first-order valence-corrected chi connectivity index (χ1v) is 30.9. The number of aromatic nitrogens is 11. The molecule has 0 aliphatic heterocycles. The molecule has 94 heavy (non-hydrogen) atoms. The van der Waals surface area contributed by atoms with Crippen molar-refractivity contribution in [1.82, 2.24) is 54.0 Å². The number of benzene rings is 12. The van der Waals surface area contributed by atoms with Gasteiger partial charge in [0.1, 0.15) is 0 Å². The van der Waals surface area contributed by atoms with Crippen molar-refractivity contribution in [1.29, 1.82) is 5.26 Å². The standard InChI is InChI=1S/C82H50N12/c83-51-52-39-44-70(93-68-37-21-19-35-62(68)66-48-59(41-45-71(66)93)80-87-74(53-23-7-1-8-24-53)84-75(88-80)54-25-9-2-10-26-54)65(47-52)64-43-40-61(82-91-78(57-31-15-5-16-32-57)86-79(92-82)58-33-17-6-18-34-58)50-73(64)94-69-38-22-20-36-63(69)67-49-60(42-46-72(67)94)81-89-76(55-27-11-3-12-28-55)85-77(90-81)56-29-13-4-14-30-56/h1-50H. The van der Waals surface area contributed by atoms with Gasteiger partial charge in [0, 0.05) is 82.7 Å². The van der Waals surface area contributed by atoms with E-state index in [1.807, 2.05) is 194 Å². The van der Waals surface area contributed by atoms with E-state index in [4.69, 9.17) is 44.9 Å². The van der Waals surface area contributed by atoms with Crippen molar-refractivity contribution >= 4 is 43.6 Å². The van der Waals surface area contributed by atoms with E-state index in [-0.39, 0.29) is 0 Å². The molecule has 0 aliphatic rings. The fourth-order valence-electron chi connectivity index (χ4n) is 12.7. The van der Waals surface area contributed by atoms with Crippen LogP contribution in [-0.4, -0.2) is 54.0 Å². The molecule has 5 aromatic heterocycles. The zero-order chi connectivity index (χ0) is 62.5. The predicted octanol–water partition coefficient (Wildman–Crippen LogP) is 19.0. The minimum Gasteiger partial charge on any atom is -0.309 e. The normalized spacial score (nSPS) is 11.4. The van der Waals surface area contributed by atoms with Gasteiger partial charge >= 0.3 is 0 Å². The summed E-state index contributed by atoms with van der Waals surface area (Å²) < 4.78 is 4.64. The van der Waals surface area contributed by atoms with Crippen molar-refractivity contribution in [2.24, 2.45) is 0 Å². The average Bonchev–Trinajstić information content (AvgIpc) is 1.56. The van der Waals surface area contributed by atoms with Crippen LogP contribution in [0.5, 0.6) is 0 Å². The molecule has 12 heteroatoms. The van der Waals surface area contributed by atoms with Crippen LogP contribution >= 0.6 is 0 Å². The van der Waals surface area contributed by atoms with E-state index < -0.39 is 0 Å². The van der Waals surface area contributed by atoms with Gasteiger partial charge in [0.25, 0.3) is 0 Å². The lowest BCUT2D eigenvalue weighted by Gasteiger charge is -2.20. The Morgan fingerprint density at radius 1 is 0.213 bits per heavy atom. The van der Waals surface area contributed by atoms with Gasteiger partial charge in [0.2, 0.25) is 0 Å². The van der Waals surface area contributed by atoms with Crippen molar-refractivity contribution in [3.63, 3.8) is 0 Å². The third kappa shape index (κ3) is 9.95. The van der Waals surface area contributed by atoms with E-state index in [0.29, 0.717) is 58.0 Å². The van der Waals surface area contributed by atoms with Gasteiger partial charge in [-0.1, -0.05) is 231 Å². The van der Waals surface area contributed by atoms with Gasteiger partial charge in [-0.25, -0.2) is 44.9 Å². The molecular formula is C82H50N12. The molecule has 0 saturated carbocycles. The molecule has 0 N–H and O–H groups in total. The van der Waals surface area contributed by atoms with Crippen molar-refractivity contribution in [3.8, 4) is 131 Å². The highest BCUT2D eigenvalue weighted by Crippen LogP contribution is 2.44. The Hall–Kier alpha value is -13.2. The highest BCUT2D eigenvalue weighted by Gasteiger charge is 2.25. The van der Waals surface area contributed by atoms with Crippen LogP contribution in [0.1, 0.15) is 5.56 Å². The average molecular weight is 1200 g/mol. The lowest BCUT2D eigenvalue weighted by Crippen LogP contribution is -2.04. The number of fused-ring (bicyclic) bond motifs is 6. The summed E-state index contributed by atoms with van der Waals surface area (Å²) in [4.78, 5) is 46.2. The molecule has 0 amide bonds. The van der Waals surface area contributed by atoms with Crippen LogP contribution < -0.4 is 0 Å². The summed E-state index contributed by atoms with van der Waals surface area (Å²) in [6, 6.07) is 105. The minimum absolute atomic E-state index is 0.496. The second kappa shape index (κ2) is 23.3. The van der Waals surface area contributed by atoms with Gasteiger partial charge in [-0.2, -0.15) is 5.26 Å². The number of rotatable bonds is 12. The van der Waals surface area contributed by atoms with Crippen molar-refractivity contribution in [2.75, 3.05) is 0 Å². The Morgan fingerprint density at radius 3 is 0.851 bits per heavy atom. The molecule has 12 nitrogen and oxygen atoms in total. The molecule has 0 atom stereocenters. The summed E-state index contributed by atoms with van der Waals surface area (Å²) in [5.74, 6) is 5.02. The fourth-order valence-corrected chi connectivity index (χ4v) is 12.7. The molecule has 0 fully saturated rings.